The summed E-state index contributed by atoms with van der Waals surface area (Å²) >= 11 is 1.43. The number of carbonyl (C=O) groups is 2. The molecule has 0 saturated heterocycles. The topological polar surface area (TPSA) is 97.1 Å². The number of thiazole rings is 1. The monoisotopic (exact) mass is 342 g/mol. The van der Waals surface area contributed by atoms with Crippen molar-refractivity contribution in [3.8, 4) is 0 Å². The Balaban J connectivity index is 1.56. The zero-order chi connectivity index (χ0) is 16.9. The van der Waals surface area contributed by atoms with E-state index in [1.165, 1.54) is 23.9 Å². The minimum absolute atomic E-state index is 0.136. The first-order valence-corrected chi connectivity index (χ1v) is 7.93. The molecule has 0 aliphatic carbocycles. The standard InChI is InChI=1S/C16H14N4O3S/c1-10-7-18-16(24-10)20-14(21)6-11-2-4-12(5-3-11)19-15(22)13-8-17-9-23-13/h2-5,7-9H,6H2,1H3,(H,19,22)(H,18,20,21). The molecule has 7 nitrogen and oxygen atoms in total. The molecule has 0 unspecified atom stereocenters. The molecule has 2 amide bonds. The van der Waals surface area contributed by atoms with Crippen molar-refractivity contribution in [2.75, 3.05) is 10.6 Å². The van der Waals surface area contributed by atoms with Crippen molar-refractivity contribution in [2.45, 2.75) is 13.3 Å². The first-order chi connectivity index (χ1) is 11.6. The number of rotatable bonds is 5. The molecule has 2 N–H and O–H groups in total. The molecule has 0 bridgehead atoms. The lowest BCUT2D eigenvalue weighted by Crippen LogP contribution is -2.14. The summed E-state index contributed by atoms with van der Waals surface area (Å²) in [6.07, 6.45) is 4.48. The van der Waals surface area contributed by atoms with E-state index >= 15 is 0 Å². The molecule has 3 aromatic rings. The largest absolute Gasteiger partial charge is 0.438 e. The third-order valence-electron chi connectivity index (χ3n) is 3.10. The van der Waals surface area contributed by atoms with Gasteiger partial charge < -0.3 is 15.1 Å². The molecule has 122 valence electrons. The van der Waals surface area contributed by atoms with E-state index < -0.39 is 0 Å². The number of carbonyl (C=O) groups excluding carboxylic acids is 2. The zero-order valence-corrected chi connectivity index (χ0v) is 13.6. The second-order valence-corrected chi connectivity index (χ2v) is 6.25. The lowest BCUT2D eigenvalue weighted by Gasteiger charge is -2.05. The fourth-order valence-corrected chi connectivity index (χ4v) is 2.67. The fraction of sp³-hybridized carbons (Fsp3) is 0.125. The van der Waals surface area contributed by atoms with Crippen LogP contribution in [0, 0.1) is 6.92 Å². The van der Waals surface area contributed by atoms with Gasteiger partial charge in [0, 0.05) is 16.8 Å². The highest BCUT2D eigenvalue weighted by atomic mass is 32.1. The number of amides is 2. The molecule has 24 heavy (non-hydrogen) atoms. The average molecular weight is 342 g/mol. The maximum absolute atomic E-state index is 12.0. The number of aryl methyl sites for hydroxylation is 1. The lowest BCUT2D eigenvalue weighted by atomic mass is 10.1. The highest BCUT2D eigenvalue weighted by molar-refractivity contribution is 7.15. The van der Waals surface area contributed by atoms with Gasteiger partial charge in [-0.05, 0) is 24.6 Å². The van der Waals surface area contributed by atoms with E-state index in [0.29, 0.717) is 10.8 Å². The van der Waals surface area contributed by atoms with Crippen LogP contribution in [-0.4, -0.2) is 21.8 Å². The molecule has 0 radical (unpaired) electrons. The van der Waals surface area contributed by atoms with Gasteiger partial charge in [-0.1, -0.05) is 12.1 Å². The molecule has 0 spiro atoms. The van der Waals surface area contributed by atoms with Gasteiger partial charge in [-0.15, -0.1) is 11.3 Å². The summed E-state index contributed by atoms with van der Waals surface area (Å²) in [7, 11) is 0. The Labute approximate surface area is 141 Å². The summed E-state index contributed by atoms with van der Waals surface area (Å²) in [5, 5.41) is 6.03. The van der Waals surface area contributed by atoms with Crippen molar-refractivity contribution in [1.82, 2.24) is 9.97 Å². The SMILES string of the molecule is Cc1cnc(NC(=O)Cc2ccc(NC(=O)c3cnco3)cc2)s1. The van der Waals surface area contributed by atoms with Gasteiger partial charge in [-0.2, -0.15) is 0 Å². The second kappa shape index (κ2) is 7.05. The van der Waals surface area contributed by atoms with E-state index in [1.54, 1.807) is 30.5 Å². The number of anilines is 2. The van der Waals surface area contributed by atoms with Gasteiger partial charge in [0.1, 0.15) is 0 Å². The van der Waals surface area contributed by atoms with Crippen LogP contribution < -0.4 is 10.6 Å². The Morgan fingerprint density at radius 2 is 1.96 bits per heavy atom. The molecule has 0 saturated carbocycles. The molecule has 8 heteroatoms. The van der Waals surface area contributed by atoms with E-state index in [9.17, 15) is 9.59 Å². The van der Waals surface area contributed by atoms with Gasteiger partial charge in [-0.25, -0.2) is 9.97 Å². The summed E-state index contributed by atoms with van der Waals surface area (Å²) in [6.45, 7) is 1.93. The second-order valence-electron chi connectivity index (χ2n) is 5.02. The van der Waals surface area contributed by atoms with Crippen LogP contribution in [0.1, 0.15) is 21.0 Å². The molecule has 0 atom stereocenters. The number of oxazole rings is 1. The Morgan fingerprint density at radius 3 is 2.58 bits per heavy atom. The van der Waals surface area contributed by atoms with Crippen LogP contribution >= 0.6 is 11.3 Å². The van der Waals surface area contributed by atoms with Gasteiger partial charge in [0.05, 0.1) is 12.6 Å². The quantitative estimate of drug-likeness (QED) is 0.743. The number of aromatic nitrogens is 2. The molecule has 1 aromatic carbocycles. The fourth-order valence-electron chi connectivity index (χ4n) is 1.99. The Bertz CT molecular complexity index is 841. The highest BCUT2D eigenvalue weighted by Gasteiger charge is 2.10. The van der Waals surface area contributed by atoms with E-state index in [-0.39, 0.29) is 24.0 Å². The van der Waals surface area contributed by atoms with Crippen LogP contribution in [0.5, 0.6) is 0 Å². The van der Waals surface area contributed by atoms with Crippen molar-refractivity contribution in [2.24, 2.45) is 0 Å². The summed E-state index contributed by atoms with van der Waals surface area (Å²) in [5.74, 6) is -0.378. The molecule has 0 aliphatic heterocycles. The minimum atomic E-state index is -0.378. The first kappa shape index (κ1) is 15.9. The predicted octanol–water partition coefficient (Wildman–Crippen LogP) is 2.87. The van der Waals surface area contributed by atoms with Crippen LogP contribution in [0.4, 0.5) is 10.8 Å². The van der Waals surface area contributed by atoms with E-state index in [4.69, 9.17) is 4.42 Å². The van der Waals surface area contributed by atoms with Gasteiger partial charge in [0.15, 0.2) is 11.5 Å². The van der Waals surface area contributed by atoms with Crippen molar-refractivity contribution >= 4 is 34.0 Å². The number of benzene rings is 1. The van der Waals surface area contributed by atoms with Crippen LogP contribution in [-0.2, 0) is 11.2 Å². The molecule has 2 heterocycles. The van der Waals surface area contributed by atoms with Crippen LogP contribution in [0.25, 0.3) is 0 Å². The molecule has 0 fully saturated rings. The third-order valence-corrected chi connectivity index (χ3v) is 3.93. The first-order valence-electron chi connectivity index (χ1n) is 7.11. The molecule has 3 rings (SSSR count). The van der Waals surface area contributed by atoms with Crippen LogP contribution in [0.2, 0.25) is 0 Å². The third kappa shape index (κ3) is 4.05. The van der Waals surface area contributed by atoms with Gasteiger partial charge >= 0.3 is 0 Å². The Kier molecular flexibility index (Phi) is 4.66. The van der Waals surface area contributed by atoms with Gasteiger partial charge in [-0.3, -0.25) is 9.59 Å². The van der Waals surface area contributed by atoms with E-state index in [0.717, 1.165) is 10.4 Å². The minimum Gasteiger partial charge on any atom is -0.438 e. The smallest absolute Gasteiger partial charge is 0.293 e. The number of hydrogen-bond donors (Lipinski definition) is 2. The average Bonchev–Trinajstić information content (AvgIpc) is 3.21. The Morgan fingerprint density at radius 1 is 1.17 bits per heavy atom. The molecule has 2 aromatic heterocycles. The van der Waals surface area contributed by atoms with Gasteiger partial charge in [0.2, 0.25) is 11.7 Å². The molecular formula is C16H14N4O3S. The van der Waals surface area contributed by atoms with E-state index in [1.807, 2.05) is 6.92 Å². The molecular weight excluding hydrogens is 328 g/mol. The number of nitrogens with one attached hydrogen (secondary N) is 2. The van der Waals surface area contributed by atoms with Crippen molar-refractivity contribution in [1.29, 1.82) is 0 Å². The van der Waals surface area contributed by atoms with E-state index in [2.05, 4.69) is 20.6 Å². The number of nitrogens with zero attached hydrogens (tertiary/aromatic N) is 2. The molecule has 0 aliphatic rings. The Hall–Kier alpha value is -3.00. The normalized spacial score (nSPS) is 10.4. The number of hydrogen-bond acceptors (Lipinski definition) is 6. The van der Waals surface area contributed by atoms with Crippen LogP contribution in [0.3, 0.4) is 0 Å². The lowest BCUT2D eigenvalue weighted by molar-refractivity contribution is -0.115. The maximum Gasteiger partial charge on any atom is 0.293 e. The predicted molar refractivity (Wildman–Crippen MR) is 90.1 cm³/mol. The summed E-state index contributed by atoms with van der Waals surface area (Å²) < 4.78 is 4.92. The zero-order valence-electron chi connectivity index (χ0n) is 12.8. The summed E-state index contributed by atoms with van der Waals surface area (Å²) in [4.78, 5) is 32.6. The highest BCUT2D eigenvalue weighted by Crippen LogP contribution is 2.17. The van der Waals surface area contributed by atoms with Crippen molar-refractivity contribution in [3.05, 3.63) is 59.3 Å². The van der Waals surface area contributed by atoms with Gasteiger partial charge in [0.25, 0.3) is 5.91 Å². The maximum atomic E-state index is 12.0. The van der Waals surface area contributed by atoms with Crippen molar-refractivity contribution < 1.29 is 14.0 Å². The summed E-state index contributed by atoms with van der Waals surface area (Å²) in [5.41, 5.74) is 1.44. The summed E-state index contributed by atoms with van der Waals surface area (Å²) in [6, 6.07) is 7.01. The van der Waals surface area contributed by atoms with Crippen molar-refractivity contribution in [3.63, 3.8) is 0 Å². The van der Waals surface area contributed by atoms with Crippen LogP contribution in [0.15, 0.2) is 47.5 Å².